The average molecular weight is 325 g/mol. The number of hydrogen-bond donors (Lipinski definition) is 2. The van der Waals surface area contributed by atoms with E-state index in [1.54, 1.807) is 12.1 Å². The topological polar surface area (TPSA) is 66.4 Å². The van der Waals surface area contributed by atoms with Gasteiger partial charge in [0.2, 0.25) is 6.41 Å². The van der Waals surface area contributed by atoms with Crippen LogP contribution in [0, 0.1) is 11.3 Å². The molecule has 24 heavy (non-hydrogen) atoms. The molecule has 0 fully saturated rings. The van der Waals surface area contributed by atoms with Crippen molar-refractivity contribution in [1.82, 2.24) is 0 Å². The van der Waals surface area contributed by atoms with Crippen LogP contribution >= 0.6 is 0 Å². The number of aliphatic hydroxyl groups is 1. The molecule has 2 aliphatic rings. The molecule has 2 aliphatic carbocycles. The molecule has 4 nitrogen and oxygen atoms in total. The average Bonchev–Trinajstić information content (AvgIpc) is 2.55. The third kappa shape index (κ3) is 2.17. The molecule has 126 valence electrons. The van der Waals surface area contributed by atoms with E-state index in [0.717, 1.165) is 5.56 Å². The molecule has 3 atom stereocenters. The van der Waals surface area contributed by atoms with Gasteiger partial charge in [-0.1, -0.05) is 45.1 Å². The summed E-state index contributed by atoms with van der Waals surface area (Å²) in [6.07, 6.45) is 4.09. The number of hydrogen-bond acceptors (Lipinski definition) is 3. The SMILES string of the molecule is C=CC1(C)C=C2C(=O)c3c(NC=O)cccc3C(C)(C)C2CC1O. The van der Waals surface area contributed by atoms with Crippen LogP contribution in [0.1, 0.15) is 43.1 Å². The van der Waals surface area contributed by atoms with Gasteiger partial charge in [0, 0.05) is 16.6 Å². The van der Waals surface area contributed by atoms with Gasteiger partial charge in [-0.25, -0.2) is 0 Å². The Morgan fingerprint density at radius 2 is 2.04 bits per heavy atom. The quantitative estimate of drug-likeness (QED) is 0.662. The third-order valence-corrected chi connectivity index (χ3v) is 5.79. The van der Waals surface area contributed by atoms with Crippen molar-refractivity contribution in [2.75, 3.05) is 5.32 Å². The van der Waals surface area contributed by atoms with Crippen LogP contribution in [0.2, 0.25) is 0 Å². The first kappa shape index (κ1) is 16.7. The lowest BCUT2D eigenvalue weighted by molar-refractivity contribution is -0.105. The first-order chi connectivity index (χ1) is 11.3. The molecular formula is C20H23NO3. The maximum Gasteiger partial charge on any atom is 0.211 e. The highest BCUT2D eigenvalue weighted by atomic mass is 16.3. The number of nitrogens with one attached hydrogen (secondary N) is 1. The predicted octanol–water partition coefficient (Wildman–Crippen LogP) is 3.23. The highest BCUT2D eigenvalue weighted by molar-refractivity contribution is 6.16. The van der Waals surface area contributed by atoms with Gasteiger partial charge in [0.15, 0.2) is 5.78 Å². The van der Waals surface area contributed by atoms with E-state index < -0.39 is 11.5 Å². The van der Waals surface area contributed by atoms with E-state index in [4.69, 9.17) is 0 Å². The van der Waals surface area contributed by atoms with Gasteiger partial charge in [-0.15, -0.1) is 6.58 Å². The lowest BCUT2D eigenvalue weighted by Gasteiger charge is -2.48. The van der Waals surface area contributed by atoms with Crippen LogP contribution in [0.4, 0.5) is 5.69 Å². The summed E-state index contributed by atoms with van der Waals surface area (Å²) in [6, 6.07) is 5.53. The van der Waals surface area contributed by atoms with Crippen LogP contribution in [-0.4, -0.2) is 23.4 Å². The molecule has 1 aromatic rings. The zero-order chi connectivity index (χ0) is 17.7. The number of anilines is 1. The first-order valence-corrected chi connectivity index (χ1v) is 8.19. The highest BCUT2D eigenvalue weighted by Gasteiger charge is 2.49. The fraction of sp³-hybridized carbons (Fsp3) is 0.400. The molecule has 0 radical (unpaired) electrons. The second kappa shape index (κ2) is 5.42. The minimum atomic E-state index is -0.623. The Kier molecular flexibility index (Phi) is 3.76. The number of aliphatic hydroxyl groups excluding tert-OH is 1. The van der Waals surface area contributed by atoms with Crippen LogP contribution in [0.25, 0.3) is 0 Å². The molecule has 2 N–H and O–H groups in total. The van der Waals surface area contributed by atoms with E-state index in [1.165, 1.54) is 0 Å². The van der Waals surface area contributed by atoms with Crippen molar-refractivity contribution >= 4 is 17.9 Å². The maximum atomic E-state index is 13.2. The van der Waals surface area contributed by atoms with E-state index in [-0.39, 0.29) is 17.1 Å². The molecule has 0 saturated heterocycles. The van der Waals surface area contributed by atoms with Crippen molar-refractivity contribution in [1.29, 1.82) is 0 Å². The lowest BCUT2D eigenvalue weighted by atomic mass is 9.56. The standard InChI is InChI=1S/C20H23NO3/c1-5-20(4)10-12-14(9-16(20)23)19(2,3)13-7-6-8-15(21-11-22)17(13)18(12)24/h5-8,10-11,14,16,23H,1,9H2,2-4H3,(H,21,22). The summed E-state index contributed by atoms with van der Waals surface area (Å²) >= 11 is 0. The van der Waals surface area contributed by atoms with Crippen molar-refractivity contribution < 1.29 is 14.7 Å². The van der Waals surface area contributed by atoms with Gasteiger partial charge in [-0.05, 0) is 29.4 Å². The number of carbonyl (C=O) groups excluding carboxylic acids is 2. The zero-order valence-electron chi connectivity index (χ0n) is 14.3. The normalized spacial score (nSPS) is 30.7. The highest BCUT2D eigenvalue weighted by Crippen LogP contribution is 2.52. The second-order valence-electron chi connectivity index (χ2n) is 7.52. The summed E-state index contributed by atoms with van der Waals surface area (Å²) in [4.78, 5) is 24.1. The molecule has 0 spiro atoms. The number of allylic oxidation sites excluding steroid dienone is 1. The largest absolute Gasteiger partial charge is 0.392 e. The van der Waals surface area contributed by atoms with Crippen molar-refractivity contribution in [3.8, 4) is 0 Å². The Bertz CT molecular complexity index is 762. The van der Waals surface area contributed by atoms with Gasteiger partial charge < -0.3 is 10.4 Å². The minimum absolute atomic E-state index is 0.0630. The molecule has 0 aliphatic heterocycles. The van der Waals surface area contributed by atoms with E-state index in [9.17, 15) is 14.7 Å². The van der Waals surface area contributed by atoms with E-state index in [0.29, 0.717) is 29.7 Å². The van der Waals surface area contributed by atoms with Crippen molar-refractivity contribution in [3.05, 3.63) is 53.6 Å². The number of carbonyl (C=O) groups is 2. The second-order valence-corrected chi connectivity index (χ2v) is 7.52. The van der Waals surface area contributed by atoms with Crippen LogP contribution in [0.3, 0.4) is 0 Å². The van der Waals surface area contributed by atoms with Crippen LogP contribution in [-0.2, 0) is 10.2 Å². The molecule has 3 unspecified atom stereocenters. The van der Waals surface area contributed by atoms with E-state index in [1.807, 2.05) is 25.1 Å². The zero-order valence-corrected chi connectivity index (χ0v) is 14.3. The minimum Gasteiger partial charge on any atom is -0.392 e. The van der Waals surface area contributed by atoms with Crippen LogP contribution < -0.4 is 5.32 Å². The fourth-order valence-electron chi connectivity index (χ4n) is 4.09. The summed E-state index contributed by atoms with van der Waals surface area (Å²) in [5, 5.41) is 13.2. The monoisotopic (exact) mass is 325 g/mol. The molecule has 1 aromatic carbocycles. The first-order valence-electron chi connectivity index (χ1n) is 8.19. The number of ketones is 1. The summed E-state index contributed by atoms with van der Waals surface area (Å²) in [5.41, 5.74) is 1.77. The third-order valence-electron chi connectivity index (χ3n) is 5.79. The van der Waals surface area contributed by atoms with Crippen LogP contribution in [0.5, 0.6) is 0 Å². The molecule has 4 heteroatoms. The molecule has 0 saturated carbocycles. The number of Topliss-reactive ketones (excluding diaryl/α,β-unsaturated/α-hetero) is 1. The van der Waals surface area contributed by atoms with Gasteiger partial charge in [-0.2, -0.15) is 0 Å². The Balaban J connectivity index is 2.27. The van der Waals surface area contributed by atoms with E-state index in [2.05, 4.69) is 25.7 Å². The Morgan fingerprint density at radius 1 is 1.33 bits per heavy atom. The van der Waals surface area contributed by atoms with Crippen molar-refractivity contribution in [3.63, 3.8) is 0 Å². The van der Waals surface area contributed by atoms with Crippen molar-refractivity contribution in [2.45, 2.75) is 38.7 Å². The van der Waals surface area contributed by atoms with Gasteiger partial charge in [0.05, 0.1) is 11.8 Å². The summed E-state index contributed by atoms with van der Waals surface area (Å²) in [5.74, 6) is -0.133. The van der Waals surface area contributed by atoms with Crippen molar-refractivity contribution in [2.24, 2.45) is 11.3 Å². The molecule has 1 amide bonds. The smallest absolute Gasteiger partial charge is 0.211 e. The molecule has 3 rings (SSSR count). The number of benzene rings is 1. The van der Waals surface area contributed by atoms with Gasteiger partial charge in [0.1, 0.15) is 0 Å². The van der Waals surface area contributed by atoms with Gasteiger partial charge >= 0.3 is 0 Å². The Morgan fingerprint density at radius 3 is 2.67 bits per heavy atom. The van der Waals surface area contributed by atoms with Gasteiger partial charge in [0.25, 0.3) is 0 Å². The van der Waals surface area contributed by atoms with Crippen LogP contribution in [0.15, 0.2) is 42.5 Å². The lowest BCUT2D eigenvalue weighted by Crippen LogP contribution is -2.47. The number of amides is 1. The van der Waals surface area contributed by atoms with E-state index >= 15 is 0 Å². The fourth-order valence-corrected chi connectivity index (χ4v) is 4.09. The van der Waals surface area contributed by atoms with Gasteiger partial charge in [-0.3, -0.25) is 9.59 Å². The predicted molar refractivity (Wildman–Crippen MR) is 94.0 cm³/mol. The molecule has 0 heterocycles. The number of fused-ring (bicyclic) bond motifs is 2. The maximum absolute atomic E-state index is 13.2. The molecule has 0 aromatic heterocycles. The summed E-state index contributed by atoms with van der Waals surface area (Å²) in [7, 11) is 0. The molecular weight excluding hydrogens is 302 g/mol. The number of rotatable bonds is 3. The summed E-state index contributed by atoms with van der Waals surface area (Å²) in [6.45, 7) is 9.89. The molecule has 0 bridgehead atoms. The summed E-state index contributed by atoms with van der Waals surface area (Å²) < 4.78 is 0. The Hall–Kier alpha value is -2.20. The Labute approximate surface area is 142 Å².